The first kappa shape index (κ1) is 17.5. The molecule has 26 heavy (non-hydrogen) atoms. The van der Waals surface area contributed by atoms with Crippen LogP contribution in [0.1, 0.15) is 18.4 Å². The highest BCUT2D eigenvalue weighted by molar-refractivity contribution is 7.89. The number of hydrogen-bond donors (Lipinski definition) is 0. The normalized spacial score (nSPS) is 26.0. The second-order valence-corrected chi connectivity index (χ2v) is 9.00. The summed E-state index contributed by atoms with van der Waals surface area (Å²) in [4.78, 5) is 2.66. The molecule has 2 aromatic rings. The number of para-hydroxylation sites is 1. The van der Waals surface area contributed by atoms with Gasteiger partial charge in [0, 0.05) is 26.7 Å². The SMILES string of the molecule is CN1[C@H]2CCN(Cc3ccccc3)CC[C@@H]2Oc2ccccc2S1(=O)=O. The zero-order chi connectivity index (χ0) is 18.1. The third-order valence-electron chi connectivity index (χ3n) is 5.40. The van der Waals surface area contributed by atoms with E-state index in [1.807, 2.05) is 12.1 Å². The van der Waals surface area contributed by atoms with E-state index < -0.39 is 10.0 Å². The first-order valence-electron chi connectivity index (χ1n) is 9.06. The van der Waals surface area contributed by atoms with Crippen molar-refractivity contribution in [2.24, 2.45) is 0 Å². The largest absolute Gasteiger partial charge is 0.487 e. The van der Waals surface area contributed by atoms with Crippen LogP contribution in [0.25, 0.3) is 0 Å². The molecule has 0 aliphatic carbocycles. The average Bonchev–Trinajstić information content (AvgIpc) is 2.88. The fraction of sp³-hybridized carbons (Fsp3) is 0.400. The van der Waals surface area contributed by atoms with E-state index in [1.54, 1.807) is 25.2 Å². The summed E-state index contributed by atoms with van der Waals surface area (Å²) < 4.78 is 33.7. The molecule has 0 amide bonds. The standard InChI is InChI=1S/C20H24N2O3S/c1-21-17-11-13-22(15-16-7-3-2-4-8-16)14-12-18(17)25-19-9-5-6-10-20(19)26(21,23)24/h2-10,17-18H,11-15H2,1H3/t17-,18-/m0/s1. The fourth-order valence-corrected chi connectivity index (χ4v) is 5.45. The summed E-state index contributed by atoms with van der Waals surface area (Å²) >= 11 is 0. The molecule has 1 fully saturated rings. The monoisotopic (exact) mass is 372 g/mol. The summed E-state index contributed by atoms with van der Waals surface area (Å²) in [5.74, 6) is 0.475. The topological polar surface area (TPSA) is 49.9 Å². The quantitative estimate of drug-likeness (QED) is 0.813. The molecule has 0 saturated carbocycles. The molecule has 1 saturated heterocycles. The Labute approximate surface area is 155 Å². The highest BCUT2D eigenvalue weighted by Gasteiger charge is 2.41. The molecule has 0 aromatic heterocycles. The van der Waals surface area contributed by atoms with Crippen molar-refractivity contribution in [1.29, 1.82) is 0 Å². The van der Waals surface area contributed by atoms with Crippen LogP contribution >= 0.6 is 0 Å². The van der Waals surface area contributed by atoms with Crippen molar-refractivity contribution < 1.29 is 13.2 Å². The molecule has 5 nitrogen and oxygen atoms in total. The summed E-state index contributed by atoms with van der Waals surface area (Å²) in [5, 5.41) is 0. The molecule has 0 spiro atoms. The van der Waals surface area contributed by atoms with Gasteiger partial charge in [-0.05, 0) is 30.5 Å². The van der Waals surface area contributed by atoms with E-state index in [9.17, 15) is 8.42 Å². The third-order valence-corrected chi connectivity index (χ3v) is 7.32. The van der Waals surface area contributed by atoms with Crippen molar-refractivity contribution in [2.45, 2.75) is 36.4 Å². The maximum atomic E-state index is 13.0. The number of likely N-dealkylation sites (N-methyl/N-ethyl adjacent to an activating group) is 1. The first-order valence-corrected chi connectivity index (χ1v) is 10.5. The average molecular weight is 372 g/mol. The van der Waals surface area contributed by atoms with E-state index in [4.69, 9.17) is 4.74 Å². The molecule has 2 heterocycles. The van der Waals surface area contributed by atoms with Crippen LogP contribution in [0.4, 0.5) is 0 Å². The number of hydrogen-bond acceptors (Lipinski definition) is 4. The molecule has 2 aromatic carbocycles. The fourth-order valence-electron chi connectivity index (χ4n) is 3.92. The summed E-state index contributed by atoms with van der Waals surface area (Å²) in [6, 6.07) is 17.2. The van der Waals surface area contributed by atoms with Gasteiger partial charge < -0.3 is 4.74 Å². The van der Waals surface area contributed by atoms with Crippen LogP contribution < -0.4 is 4.74 Å². The minimum absolute atomic E-state index is 0.126. The van der Waals surface area contributed by atoms with Crippen molar-refractivity contribution in [1.82, 2.24) is 9.21 Å². The van der Waals surface area contributed by atoms with E-state index in [1.165, 1.54) is 9.87 Å². The summed E-state index contributed by atoms with van der Waals surface area (Å²) in [6.45, 7) is 2.63. The van der Waals surface area contributed by atoms with Gasteiger partial charge in [0.05, 0.1) is 6.04 Å². The number of fused-ring (bicyclic) bond motifs is 2. The van der Waals surface area contributed by atoms with Gasteiger partial charge in [0.25, 0.3) is 0 Å². The Kier molecular flexibility index (Phi) is 4.73. The molecule has 0 unspecified atom stereocenters. The number of ether oxygens (including phenoxy) is 1. The van der Waals surface area contributed by atoms with Gasteiger partial charge in [0.2, 0.25) is 10.0 Å². The number of sulfonamides is 1. The molecule has 4 rings (SSSR count). The maximum Gasteiger partial charge on any atom is 0.246 e. The minimum atomic E-state index is -3.53. The van der Waals surface area contributed by atoms with Gasteiger partial charge in [-0.1, -0.05) is 42.5 Å². The van der Waals surface area contributed by atoms with E-state index in [0.717, 1.165) is 32.5 Å². The molecule has 6 heteroatoms. The van der Waals surface area contributed by atoms with E-state index in [0.29, 0.717) is 5.75 Å². The zero-order valence-electron chi connectivity index (χ0n) is 14.9. The van der Waals surface area contributed by atoms with Crippen LogP contribution in [-0.2, 0) is 16.6 Å². The molecular formula is C20H24N2O3S. The lowest BCUT2D eigenvalue weighted by molar-refractivity contribution is 0.122. The first-order chi connectivity index (χ1) is 12.6. The number of nitrogens with zero attached hydrogens (tertiary/aromatic N) is 2. The van der Waals surface area contributed by atoms with Gasteiger partial charge in [-0.15, -0.1) is 0 Å². The lowest BCUT2D eigenvalue weighted by atomic mass is 10.1. The summed E-state index contributed by atoms with van der Waals surface area (Å²) in [5.41, 5.74) is 1.28. The Hall–Kier alpha value is -1.89. The van der Waals surface area contributed by atoms with Crippen LogP contribution in [0.3, 0.4) is 0 Å². The van der Waals surface area contributed by atoms with Crippen LogP contribution in [0.5, 0.6) is 5.75 Å². The van der Waals surface area contributed by atoms with E-state index >= 15 is 0 Å². The highest BCUT2D eigenvalue weighted by atomic mass is 32.2. The Morgan fingerprint density at radius 2 is 1.69 bits per heavy atom. The second kappa shape index (κ2) is 7.02. The van der Waals surface area contributed by atoms with Gasteiger partial charge >= 0.3 is 0 Å². The molecule has 0 radical (unpaired) electrons. The Balaban J connectivity index is 1.58. The predicted octanol–water partition coefficient (Wildman–Crippen LogP) is 2.73. The second-order valence-electron chi connectivity index (χ2n) is 7.03. The van der Waals surface area contributed by atoms with Crippen molar-refractivity contribution in [2.75, 3.05) is 20.1 Å². The molecule has 2 aliphatic rings. The molecule has 2 atom stereocenters. The number of rotatable bonds is 2. The molecular weight excluding hydrogens is 348 g/mol. The van der Waals surface area contributed by atoms with Crippen LogP contribution in [-0.4, -0.2) is 49.9 Å². The third kappa shape index (κ3) is 3.24. The molecule has 2 aliphatic heterocycles. The lowest BCUT2D eigenvalue weighted by Crippen LogP contribution is -2.44. The van der Waals surface area contributed by atoms with Crippen LogP contribution in [0, 0.1) is 0 Å². The Morgan fingerprint density at radius 3 is 2.50 bits per heavy atom. The molecule has 138 valence electrons. The zero-order valence-corrected chi connectivity index (χ0v) is 15.7. The van der Waals surface area contributed by atoms with Crippen molar-refractivity contribution >= 4 is 10.0 Å². The van der Waals surface area contributed by atoms with Crippen molar-refractivity contribution in [3.63, 3.8) is 0 Å². The number of benzene rings is 2. The van der Waals surface area contributed by atoms with E-state index in [-0.39, 0.29) is 17.0 Å². The molecule has 0 bridgehead atoms. The smallest absolute Gasteiger partial charge is 0.246 e. The van der Waals surface area contributed by atoms with Crippen molar-refractivity contribution in [3.05, 3.63) is 60.2 Å². The van der Waals surface area contributed by atoms with Gasteiger partial charge in [0.1, 0.15) is 16.7 Å². The Morgan fingerprint density at radius 1 is 1.00 bits per heavy atom. The van der Waals surface area contributed by atoms with Crippen LogP contribution in [0.15, 0.2) is 59.5 Å². The lowest BCUT2D eigenvalue weighted by Gasteiger charge is -2.28. The van der Waals surface area contributed by atoms with Crippen LogP contribution in [0.2, 0.25) is 0 Å². The van der Waals surface area contributed by atoms with Gasteiger partial charge in [-0.25, -0.2) is 8.42 Å². The minimum Gasteiger partial charge on any atom is -0.487 e. The summed E-state index contributed by atoms with van der Waals surface area (Å²) in [7, 11) is -1.84. The van der Waals surface area contributed by atoms with E-state index in [2.05, 4.69) is 29.2 Å². The number of likely N-dealkylation sites (tertiary alicyclic amines) is 1. The molecule has 0 N–H and O–H groups in total. The van der Waals surface area contributed by atoms with Crippen molar-refractivity contribution in [3.8, 4) is 5.75 Å². The Bertz CT molecular complexity index is 870. The summed E-state index contributed by atoms with van der Waals surface area (Å²) in [6.07, 6.45) is 1.45. The van der Waals surface area contributed by atoms with Gasteiger partial charge in [0.15, 0.2) is 0 Å². The maximum absolute atomic E-state index is 13.0. The van der Waals surface area contributed by atoms with Gasteiger partial charge in [-0.3, -0.25) is 4.90 Å². The predicted molar refractivity (Wildman–Crippen MR) is 101 cm³/mol. The van der Waals surface area contributed by atoms with Gasteiger partial charge in [-0.2, -0.15) is 4.31 Å². The highest BCUT2D eigenvalue weighted by Crippen LogP contribution is 2.35.